The van der Waals surface area contributed by atoms with E-state index in [4.69, 9.17) is 9.84 Å². The third-order valence-electron chi connectivity index (χ3n) is 7.11. The highest BCUT2D eigenvalue weighted by atomic mass is 16.5. The Labute approximate surface area is 182 Å². The molecule has 5 heteroatoms. The van der Waals surface area contributed by atoms with Crippen molar-refractivity contribution in [1.82, 2.24) is 10.2 Å². The zero-order valence-electron chi connectivity index (χ0n) is 19.1. The molecule has 2 N–H and O–H groups in total. The molecule has 1 atom stereocenters. The minimum absolute atomic E-state index is 0.221. The Morgan fingerprint density at radius 2 is 1.90 bits per heavy atom. The number of unbranched alkanes of at least 4 members (excludes halogenated alkanes) is 1. The average molecular weight is 417 g/mol. The van der Waals surface area contributed by atoms with Crippen LogP contribution in [0, 0.1) is 25.7 Å². The number of aliphatic hydroxyl groups is 1. The number of nitrogens with one attached hydrogen (secondary N) is 1. The summed E-state index contributed by atoms with van der Waals surface area (Å²) in [5.74, 6) is 2.38. The molecule has 1 saturated heterocycles. The van der Waals surface area contributed by atoms with Crippen LogP contribution in [0.15, 0.2) is 12.1 Å². The number of carbonyl (C=O) groups excluding carboxylic acids is 1. The molecule has 1 aromatic rings. The van der Waals surface area contributed by atoms with E-state index in [2.05, 4.69) is 43.1 Å². The molecule has 1 aliphatic heterocycles. The fourth-order valence-corrected chi connectivity index (χ4v) is 4.88. The van der Waals surface area contributed by atoms with Gasteiger partial charge in [0.2, 0.25) is 5.91 Å². The van der Waals surface area contributed by atoms with Crippen LogP contribution in [0.4, 0.5) is 0 Å². The predicted molar refractivity (Wildman–Crippen MR) is 121 cm³/mol. The van der Waals surface area contributed by atoms with Gasteiger partial charge in [0.25, 0.3) is 0 Å². The quantitative estimate of drug-likeness (QED) is 0.532. The molecule has 30 heavy (non-hydrogen) atoms. The van der Waals surface area contributed by atoms with E-state index in [0.717, 1.165) is 44.6 Å². The third-order valence-corrected chi connectivity index (χ3v) is 7.11. The molecule has 1 saturated carbocycles. The molecule has 1 aliphatic carbocycles. The maximum atomic E-state index is 12.2. The standard InChI is InChI=1S/C25H40N2O3/c1-18-19(2)24(30-13-7-6-12-28)11-10-23(18)20(3)27-16-22(17-27)15-26-25(29)14-21-8-4-5-9-21/h10-11,20-22,28H,4-9,12-17H2,1-3H3,(H,26,29). The molecule has 2 fully saturated rings. The summed E-state index contributed by atoms with van der Waals surface area (Å²) in [6.07, 6.45) is 7.43. The van der Waals surface area contributed by atoms with Crippen molar-refractivity contribution in [3.63, 3.8) is 0 Å². The van der Waals surface area contributed by atoms with E-state index in [9.17, 15) is 4.79 Å². The van der Waals surface area contributed by atoms with E-state index in [1.807, 2.05) is 0 Å². The number of benzene rings is 1. The largest absolute Gasteiger partial charge is 0.493 e. The lowest BCUT2D eigenvalue weighted by molar-refractivity contribution is -0.122. The second-order valence-electron chi connectivity index (χ2n) is 9.34. The Hall–Kier alpha value is -1.59. The van der Waals surface area contributed by atoms with E-state index >= 15 is 0 Å². The van der Waals surface area contributed by atoms with Gasteiger partial charge in [-0.15, -0.1) is 0 Å². The summed E-state index contributed by atoms with van der Waals surface area (Å²) in [5, 5.41) is 12.1. The number of ether oxygens (including phenoxy) is 1. The molecular weight excluding hydrogens is 376 g/mol. The number of carbonyl (C=O) groups is 1. The normalized spacial score (nSPS) is 18.9. The number of likely N-dealkylation sites (tertiary alicyclic amines) is 1. The first kappa shape index (κ1) is 23.1. The van der Waals surface area contributed by atoms with Crippen LogP contribution >= 0.6 is 0 Å². The molecule has 0 radical (unpaired) electrons. The number of nitrogens with zero attached hydrogens (tertiary/aromatic N) is 1. The van der Waals surface area contributed by atoms with Crippen LogP contribution in [0.5, 0.6) is 5.75 Å². The lowest BCUT2D eigenvalue weighted by Gasteiger charge is -2.44. The van der Waals surface area contributed by atoms with E-state index in [1.165, 1.54) is 42.4 Å². The smallest absolute Gasteiger partial charge is 0.220 e. The van der Waals surface area contributed by atoms with Crippen molar-refractivity contribution < 1.29 is 14.6 Å². The summed E-state index contributed by atoms with van der Waals surface area (Å²) in [5.41, 5.74) is 3.87. The number of hydrogen-bond donors (Lipinski definition) is 2. The van der Waals surface area contributed by atoms with E-state index in [-0.39, 0.29) is 12.5 Å². The molecule has 3 rings (SSSR count). The molecule has 1 aromatic carbocycles. The van der Waals surface area contributed by atoms with Gasteiger partial charge in [-0.25, -0.2) is 0 Å². The van der Waals surface area contributed by atoms with Crippen LogP contribution in [-0.2, 0) is 4.79 Å². The fourth-order valence-electron chi connectivity index (χ4n) is 4.88. The van der Waals surface area contributed by atoms with Gasteiger partial charge in [-0.05, 0) is 75.1 Å². The SMILES string of the molecule is Cc1c(OCCCCO)ccc(C(C)N2CC(CNC(=O)CC3CCCC3)C2)c1C. The first-order valence-electron chi connectivity index (χ1n) is 11.8. The Bertz CT molecular complexity index is 694. The van der Waals surface area contributed by atoms with Gasteiger partial charge >= 0.3 is 0 Å². The Morgan fingerprint density at radius 1 is 1.17 bits per heavy atom. The van der Waals surface area contributed by atoms with Gasteiger partial charge in [0.05, 0.1) is 6.61 Å². The van der Waals surface area contributed by atoms with E-state index in [1.54, 1.807) is 0 Å². The van der Waals surface area contributed by atoms with Crippen molar-refractivity contribution in [2.45, 2.75) is 71.8 Å². The Balaban J connectivity index is 1.43. The third kappa shape index (κ3) is 5.98. The minimum Gasteiger partial charge on any atom is -0.493 e. The van der Waals surface area contributed by atoms with Crippen LogP contribution in [0.2, 0.25) is 0 Å². The highest BCUT2D eigenvalue weighted by Gasteiger charge is 2.32. The molecule has 0 spiro atoms. The summed E-state index contributed by atoms with van der Waals surface area (Å²) in [4.78, 5) is 14.7. The second-order valence-corrected chi connectivity index (χ2v) is 9.34. The van der Waals surface area contributed by atoms with Crippen molar-refractivity contribution in [3.8, 4) is 5.75 Å². The summed E-state index contributed by atoms with van der Waals surface area (Å²) in [6, 6.07) is 4.66. The van der Waals surface area contributed by atoms with Crippen LogP contribution in [0.1, 0.15) is 74.6 Å². The van der Waals surface area contributed by atoms with Gasteiger partial charge in [0, 0.05) is 44.6 Å². The van der Waals surface area contributed by atoms with Gasteiger partial charge in [-0.3, -0.25) is 9.69 Å². The van der Waals surface area contributed by atoms with Crippen LogP contribution < -0.4 is 10.1 Å². The van der Waals surface area contributed by atoms with Crippen molar-refractivity contribution in [3.05, 3.63) is 28.8 Å². The maximum absolute atomic E-state index is 12.2. The molecular formula is C25H40N2O3. The molecule has 0 bridgehead atoms. The second kappa shape index (κ2) is 11.1. The van der Waals surface area contributed by atoms with Gasteiger partial charge < -0.3 is 15.2 Å². The predicted octanol–water partition coefficient (Wildman–Crippen LogP) is 4.14. The van der Waals surface area contributed by atoms with Crippen molar-refractivity contribution in [1.29, 1.82) is 0 Å². The van der Waals surface area contributed by atoms with Crippen LogP contribution in [0.25, 0.3) is 0 Å². The van der Waals surface area contributed by atoms with Gasteiger partial charge in [-0.1, -0.05) is 18.9 Å². The molecule has 2 aliphatic rings. The van der Waals surface area contributed by atoms with Crippen molar-refractivity contribution in [2.24, 2.45) is 11.8 Å². The zero-order valence-corrected chi connectivity index (χ0v) is 19.1. The summed E-state index contributed by atoms with van der Waals surface area (Å²) >= 11 is 0. The summed E-state index contributed by atoms with van der Waals surface area (Å²) in [6.45, 7) is 10.4. The Morgan fingerprint density at radius 3 is 2.60 bits per heavy atom. The topological polar surface area (TPSA) is 61.8 Å². The molecule has 0 aromatic heterocycles. The molecule has 5 nitrogen and oxygen atoms in total. The minimum atomic E-state index is 0.221. The first-order valence-corrected chi connectivity index (χ1v) is 11.8. The maximum Gasteiger partial charge on any atom is 0.220 e. The van der Waals surface area contributed by atoms with Gasteiger partial charge in [0.15, 0.2) is 0 Å². The van der Waals surface area contributed by atoms with Crippen molar-refractivity contribution in [2.75, 3.05) is 32.8 Å². The van der Waals surface area contributed by atoms with Gasteiger partial charge in [-0.2, -0.15) is 0 Å². The molecule has 168 valence electrons. The highest BCUT2D eigenvalue weighted by Crippen LogP contribution is 2.34. The summed E-state index contributed by atoms with van der Waals surface area (Å²) < 4.78 is 5.91. The average Bonchev–Trinajstić information content (AvgIpc) is 3.20. The number of hydrogen-bond acceptors (Lipinski definition) is 4. The summed E-state index contributed by atoms with van der Waals surface area (Å²) in [7, 11) is 0. The van der Waals surface area contributed by atoms with Gasteiger partial charge in [0.1, 0.15) is 5.75 Å². The number of amides is 1. The van der Waals surface area contributed by atoms with Crippen LogP contribution in [0.3, 0.4) is 0 Å². The van der Waals surface area contributed by atoms with E-state index in [0.29, 0.717) is 24.5 Å². The zero-order chi connectivity index (χ0) is 21.5. The van der Waals surface area contributed by atoms with E-state index < -0.39 is 0 Å². The molecule has 1 amide bonds. The lowest BCUT2D eigenvalue weighted by atomic mass is 9.91. The highest BCUT2D eigenvalue weighted by molar-refractivity contribution is 5.76. The monoisotopic (exact) mass is 416 g/mol. The first-order chi connectivity index (χ1) is 14.5. The molecule has 1 heterocycles. The fraction of sp³-hybridized carbons (Fsp3) is 0.720. The Kier molecular flexibility index (Phi) is 8.58. The van der Waals surface area contributed by atoms with Crippen molar-refractivity contribution >= 4 is 5.91 Å². The van der Waals surface area contributed by atoms with Crippen LogP contribution in [-0.4, -0.2) is 48.8 Å². The molecule has 1 unspecified atom stereocenters. The number of rotatable bonds is 11. The number of aliphatic hydroxyl groups excluding tert-OH is 1. The lowest BCUT2D eigenvalue weighted by Crippen LogP contribution is -2.52.